The van der Waals surface area contributed by atoms with E-state index in [1.54, 1.807) is 11.8 Å². The van der Waals surface area contributed by atoms with Gasteiger partial charge in [0.25, 0.3) is 0 Å². The summed E-state index contributed by atoms with van der Waals surface area (Å²) in [6, 6.07) is 10.4. The summed E-state index contributed by atoms with van der Waals surface area (Å²) in [6.07, 6.45) is 1.14. The van der Waals surface area contributed by atoms with Crippen LogP contribution in [0.3, 0.4) is 0 Å². The van der Waals surface area contributed by atoms with Crippen molar-refractivity contribution in [2.24, 2.45) is 0 Å². The first-order chi connectivity index (χ1) is 9.92. The van der Waals surface area contributed by atoms with E-state index >= 15 is 0 Å². The average Bonchev–Trinajstić information content (AvgIpc) is 2.80. The lowest BCUT2D eigenvalue weighted by Crippen LogP contribution is -2.28. The van der Waals surface area contributed by atoms with E-state index in [9.17, 15) is 0 Å². The molecule has 106 valence electrons. The summed E-state index contributed by atoms with van der Waals surface area (Å²) in [5, 5.41) is 10.8. The predicted octanol–water partition coefficient (Wildman–Crippen LogP) is 1.90. The summed E-state index contributed by atoms with van der Waals surface area (Å²) < 4.78 is 0. The molecule has 2 N–H and O–H groups in total. The van der Waals surface area contributed by atoms with E-state index < -0.39 is 0 Å². The molecular formula is C14H19N5S. The maximum Gasteiger partial charge on any atom is 0.244 e. The van der Waals surface area contributed by atoms with Gasteiger partial charge in [0.2, 0.25) is 5.95 Å². The molecule has 0 aliphatic carbocycles. The number of H-pyrrole nitrogens is 1. The SMILES string of the molecule is c1ccc(SCc2nc(N3CCCNCC3)n[nH]2)cc1. The second kappa shape index (κ2) is 6.76. The number of aromatic nitrogens is 3. The van der Waals surface area contributed by atoms with Gasteiger partial charge in [-0.1, -0.05) is 18.2 Å². The van der Waals surface area contributed by atoms with Crippen LogP contribution in [0.25, 0.3) is 0 Å². The summed E-state index contributed by atoms with van der Waals surface area (Å²) in [7, 11) is 0. The van der Waals surface area contributed by atoms with Crippen molar-refractivity contribution in [1.82, 2.24) is 20.5 Å². The van der Waals surface area contributed by atoms with Gasteiger partial charge >= 0.3 is 0 Å². The lowest BCUT2D eigenvalue weighted by molar-refractivity contribution is 0.724. The van der Waals surface area contributed by atoms with Crippen molar-refractivity contribution in [3.8, 4) is 0 Å². The average molecular weight is 289 g/mol. The summed E-state index contributed by atoms with van der Waals surface area (Å²) >= 11 is 1.77. The molecule has 5 nitrogen and oxygen atoms in total. The van der Waals surface area contributed by atoms with Crippen LogP contribution in [0, 0.1) is 0 Å². The number of thioether (sulfide) groups is 1. The molecule has 0 unspecified atom stereocenters. The van der Waals surface area contributed by atoms with Gasteiger partial charge in [-0.25, -0.2) is 0 Å². The first-order valence-electron chi connectivity index (χ1n) is 6.96. The zero-order chi connectivity index (χ0) is 13.6. The molecular weight excluding hydrogens is 270 g/mol. The third-order valence-electron chi connectivity index (χ3n) is 3.26. The van der Waals surface area contributed by atoms with E-state index in [0.29, 0.717) is 0 Å². The summed E-state index contributed by atoms with van der Waals surface area (Å²) in [5.41, 5.74) is 0. The molecule has 1 aliphatic rings. The Labute approximate surface area is 123 Å². The Bertz CT molecular complexity index is 519. The second-order valence-electron chi connectivity index (χ2n) is 4.77. The molecule has 0 bridgehead atoms. The molecule has 0 atom stereocenters. The second-order valence-corrected chi connectivity index (χ2v) is 5.82. The minimum absolute atomic E-state index is 0.823. The van der Waals surface area contributed by atoms with E-state index in [-0.39, 0.29) is 0 Å². The van der Waals surface area contributed by atoms with Crippen molar-refractivity contribution < 1.29 is 0 Å². The Balaban J connectivity index is 1.58. The first kappa shape index (κ1) is 13.5. The lowest BCUT2D eigenvalue weighted by atomic mass is 10.4. The lowest BCUT2D eigenvalue weighted by Gasteiger charge is -2.16. The van der Waals surface area contributed by atoms with Gasteiger partial charge in [0.1, 0.15) is 5.82 Å². The van der Waals surface area contributed by atoms with Crippen molar-refractivity contribution in [3.05, 3.63) is 36.2 Å². The van der Waals surface area contributed by atoms with Crippen molar-refractivity contribution in [2.75, 3.05) is 31.1 Å². The van der Waals surface area contributed by atoms with E-state index in [1.807, 2.05) is 6.07 Å². The number of nitrogens with zero attached hydrogens (tertiary/aromatic N) is 3. The molecule has 0 spiro atoms. The van der Waals surface area contributed by atoms with Crippen LogP contribution in [0.4, 0.5) is 5.95 Å². The van der Waals surface area contributed by atoms with Crippen LogP contribution in [-0.2, 0) is 5.75 Å². The highest BCUT2D eigenvalue weighted by atomic mass is 32.2. The van der Waals surface area contributed by atoms with Gasteiger partial charge < -0.3 is 10.2 Å². The van der Waals surface area contributed by atoms with Gasteiger partial charge in [0.05, 0.1) is 5.75 Å². The normalized spacial score (nSPS) is 16.1. The smallest absolute Gasteiger partial charge is 0.244 e. The van der Waals surface area contributed by atoms with Crippen LogP contribution < -0.4 is 10.2 Å². The summed E-state index contributed by atoms with van der Waals surface area (Å²) in [4.78, 5) is 8.10. The van der Waals surface area contributed by atoms with Gasteiger partial charge in [0.15, 0.2) is 0 Å². The molecule has 0 saturated carbocycles. The fourth-order valence-corrected chi connectivity index (χ4v) is 2.99. The van der Waals surface area contributed by atoms with E-state index in [2.05, 4.69) is 49.7 Å². The minimum Gasteiger partial charge on any atom is -0.338 e. The highest BCUT2D eigenvalue weighted by Gasteiger charge is 2.14. The van der Waals surface area contributed by atoms with Gasteiger partial charge in [0, 0.05) is 24.5 Å². The molecule has 20 heavy (non-hydrogen) atoms. The Hall–Kier alpha value is -1.53. The molecule has 1 aliphatic heterocycles. The number of hydrogen-bond acceptors (Lipinski definition) is 5. The molecule has 1 aromatic carbocycles. The Kier molecular flexibility index (Phi) is 4.55. The van der Waals surface area contributed by atoms with Crippen LogP contribution in [0.15, 0.2) is 35.2 Å². The van der Waals surface area contributed by atoms with Crippen molar-refractivity contribution >= 4 is 17.7 Å². The summed E-state index contributed by atoms with van der Waals surface area (Å²) in [6.45, 7) is 4.08. The zero-order valence-corrected chi connectivity index (χ0v) is 12.2. The molecule has 2 heterocycles. The summed E-state index contributed by atoms with van der Waals surface area (Å²) in [5.74, 6) is 2.59. The number of nitrogens with one attached hydrogen (secondary N) is 2. The monoisotopic (exact) mass is 289 g/mol. The molecule has 1 fully saturated rings. The molecule has 2 aromatic rings. The number of rotatable bonds is 4. The highest BCUT2D eigenvalue weighted by molar-refractivity contribution is 7.98. The molecule has 3 rings (SSSR count). The standard InChI is InChI=1S/C14H19N5S/c1-2-5-12(6-3-1)20-11-13-16-14(18-17-13)19-9-4-7-15-8-10-19/h1-3,5-6,15H,4,7-11H2,(H,16,17,18). The van der Waals surface area contributed by atoms with Gasteiger partial charge in [-0.2, -0.15) is 4.98 Å². The molecule has 6 heteroatoms. The molecule has 1 saturated heterocycles. The maximum absolute atomic E-state index is 4.60. The first-order valence-corrected chi connectivity index (χ1v) is 7.95. The topological polar surface area (TPSA) is 56.8 Å². The van der Waals surface area contributed by atoms with Crippen molar-refractivity contribution in [2.45, 2.75) is 17.1 Å². The number of aromatic amines is 1. The van der Waals surface area contributed by atoms with Crippen LogP contribution in [0.5, 0.6) is 0 Å². The fourth-order valence-electron chi connectivity index (χ4n) is 2.21. The van der Waals surface area contributed by atoms with Crippen molar-refractivity contribution in [3.63, 3.8) is 0 Å². The Morgan fingerprint density at radius 3 is 2.95 bits per heavy atom. The van der Waals surface area contributed by atoms with Gasteiger partial charge in [-0.3, -0.25) is 5.10 Å². The van der Waals surface area contributed by atoms with Crippen LogP contribution in [-0.4, -0.2) is 41.4 Å². The third-order valence-corrected chi connectivity index (χ3v) is 4.28. The zero-order valence-electron chi connectivity index (χ0n) is 11.4. The third kappa shape index (κ3) is 3.52. The largest absolute Gasteiger partial charge is 0.338 e. The molecule has 0 radical (unpaired) electrons. The van der Waals surface area contributed by atoms with E-state index in [4.69, 9.17) is 0 Å². The highest BCUT2D eigenvalue weighted by Crippen LogP contribution is 2.21. The molecule has 0 amide bonds. The Morgan fingerprint density at radius 1 is 1.15 bits per heavy atom. The molecule has 1 aromatic heterocycles. The number of benzene rings is 1. The van der Waals surface area contributed by atoms with Gasteiger partial charge in [-0.05, 0) is 25.1 Å². The van der Waals surface area contributed by atoms with Crippen LogP contribution in [0.2, 0.25) is 0 Å². The maximum atomic E-state index is 4.60. The van der Waals surface area contributed by atoms with E-state index in [0.717, 1.165) is 50.1 Å². The van der Waals surface area contributed by atoms with Gasteiger partial charge in [-0.15, -0.1) is 16.9 Å². The van der Waals surface area contributed by atoms with Crippen LogP contribution in [0.1, 0.15) is 12.2 Å². The number of hydrogen-bond donors (Lipinski definition) is 2. The van der Waals surface area contributed by atoms with Crippen molar-refractivity contribution in [1.29, 1.82) is 0 Å². The Morgan fingerprint density at radius 2 is 2.05 bits per heavy atom. The minimum atomic E-state index is 0.823. The quantitative estimate of drug-likeness (QED) is 0.842. The van der Waals surface area contributed by atoms with E-state index in [1.165, 1.54) is 4.90 Å². The van der Waals surface area contributed by atoms with Crippen LogP contribution >= 0.6 is 11.8 Å². The predicted molar refractivity (Wildman–Crippen MR) is 82.1 cm³/mol. The number of anilines is 1. The fraction of sp³-hybridized carbons (Fsp3) is 0.429.